The van der Waals surface area contributed by atoms with E-state index in [0.29, 0.717) is 6.61 Å². The second kappa shape index (κ2) is 16.4. The van der Waals surface area contributed by atoms with Crippen molar-refractivity contribution in [3.63, 3.8) is 0 Å². The molecule has 0 spiro atoms. The average Bonchev–Trinajstić information content (AvgIpc) is 3.85. The van der Waals surface area contributed by atoms with Gasteiger partial charge in [-0.2, -0.15) is 0 Å². The van der Waals surface area contributed by atoms with Gasteiger partial charge in [0.05, 0.1) is 11.0 Å². The molecule has 0 saturated carbocycles. The number of aromatic nitrogens is 1. The maximum atomic E-state index is 6.87. The maximum absolute atomic E-state index is 6.87. The van der Waals surface area contributed by atoms with Crippen LogP contribution in [0, 0.1) is 0 Å². The minimum atomic E-state index is -0.131. The largest absolute Gasteiger partial charge is 0.489 e. The van der Waals surface area contributed by atoms with Crippen LogP contribution in [-0.4, -0.2) is 11.2 Å². The van der Waals surface area contributed by atoms with E-state index in [9.17, 15) is 0 Å². The third-order valence-corrected chi connectivity index (χ3v) is 14.6. The van der Waals surface area contributed by atoms with E-state index in [-0.39, 0.29) is 5.41 Å². The van der Waals surface area contributed by atoms with Gasteiger partial charge in [0.1, 0.15) is 12.4 Å². The third-order valence-electron chi connectivity index (χ3n) is 14.6. The molecule has 4 heteroatoms. The van der Waals surface area contributed by atoms with Crippen molar-refractivity contribution in [3.05, 3.63) is 266 Å². The minimum Gasteiger partial charge on any atom is -0.489 e. The second-order valence-electron chi connectivity index (χ2n) is 18.9. The molecule has 334 valence electrons. The number of benzene rings is 10. The molecule has 0 atom stereocenters. The van der Waals surface area contributed by atoms with Crippen LogP contribution in [0.3, 0.4) is 0 Å². The molecule has 0 N–H and O–H groups in total. The molecule has 13 rings (SSSR count). The molecular formula is C66H49N3O. The van der Waals surface area contributed by atoms with Crippen molar-refractivity contribution < 1.29 is 4.74 Å². The van der Waals surface area contributed by atoms with Crippen molar-refractivity contribution >= 4 is 77.4 Å². The first kappa shape index (κ1) is 41.3. The van der Waals surface area contributed by atoms with Gasteiger partial charge in [0.25, 0.3) is 0 Å². The van der Waals surface area contributed by atoms with E-state index in [1.54, 1.807) is 0 Å². The summed E-state index contributed by atoms with van der Waals surface area (Å²) in [5.41, 5.74) is 17.0. The zero-order valence-electron chi connectivity index (χ0n) is 39.2. The summed E-state index contributed by atoms with van der Waals surface area (Å²) in [6.45, 7) is 9.79. The highest BCUT2D eigenvalue weighted by Crippen LogP contribution is 2.51. The highest BCUT2D eigenvalue weighted by Gasteiger charge is 2.36. The molecule has 0 bridgehead atoms. The van der Waals surface area contributed by atoms with Gasteiger partial charge in [-0.25, -0.2) is 0 Å². The number of para-hydroxylation sites is 4. The molecule has 1 aromatic heterocycles. The molecule has 1 aliphatic heterocycles. The molecule has 4 nitrogen and oxygen atoms in total. The highest BCUT2D eigenvalue weighted by molar-refractivity contribution is 6.16. The summed E-state index contributed by atoms with van der Waals surface area (Å²) < 4.78 is 9.24. The lowest BCUT2D eigenvalue weighted by Crippen LogP contribution is -2.19. The van der Waals surface area contributed by atoms with E-state index in [1.807, 2.05) is 0 Å². The van der Waals surface area contributed by atoms with Crippen LogP contribution in [0.25, 0.3) is 65.7 Å². The van der Waals surface area contributed by atoms with Crippen LogP contribution >= 0.6 is 0 Å². The summed E-state index contributed by atoms with van der Waals surface area (Å²) in [7, 11) is 0. The van der Waals surface area contributed by atoms with Gasteiger partial charge in [0.15, 0.2) is 0 Å². The molecule has 1 aliphatic carbocycles. The highest BCUT2D eigenvalue weighted by atomic mass is 16.5. The predicted octanol–water partition coefficient (Wildman–Crippen LogP) is 17.6. The molecule has 0 saturated heterocycles. The molecular weight excluding hydrogens is 851 g/mol. The Balaban J connectivity index is 0.911. The van der Waals surface area contributed by atoms with Crippen LogP contribution in [0.2, 0.25) is 0 Å². The van der Waals surface area contributed by atoms with E-state index in [0.717, 1.165) is 78.3 Å². The van der Waals surface area contributed by atoms with Crippen LogP contribution < -0.4 is 14.5 Å². The number of hydrogen-bond acceptors (Lipinski definition) is 3. The fraction of sp³-hybridized carbons (Fsp3) is 0.0606. The smallest absolute Gasteiger partial charge is 0.128 e. The van der Waals surface area contributed by atoms with E-state index >= 15 is 0 Å². The zero-order valence-corrected chi connectivity index (χ0v) is 39.2. The van der Waals surface area contributed by atoms with Crippen molar-refractivity contribution in [3.8, 4) is 22.6 Å². The van der Waals surface area contributed by atoms with Crippen LogP contribution in [0.5, 0.6) is 5.75 Å². The molecule has 0 unspecified atom stereocenters. The molecule has 0 radical (unpaired) electrons. The third kappa shape index (κ3) is 6.67. The van der Waals surface area contributed by atoms with Gasteiger partial charge in [0.2, 0.25) is 0 Å². The van der Waals surface area contributed by atoms with E-state index in [1.165, 1.54) is 44.1 Å². The molecule has 70 heavy (non-hydrogen) atoms. The summed E-state index contributed by atoms with van der Waals surface area (Å²) >= 11 is 0. The first-order chi connectivity index (χ1) is 34.4. The number of fused-ring (bicyclic) bond motifs is 8. The van der Waals surface area contributed by atoms with Crippen LogP contribution in [0.4, 0.5) is 28.4 Å². The molecule has 11 aromatic rings. The Kier molecular flexibility index (Phi) is 9.70. The first-order valence-corrected chi connectivity index (χ1v) is 24.1. The van der Waals surface area contributed by atoms with Crippen LogP contribution in [0.15, 0.2) is 249 Å². The van der Waals surface area contributed by atoms with Gasteiger partial charge in [-0.15, -0.1) is 0 Å². The Bertz CT molecular complexity index is 3940. The molecule has 2 aliphatic rings. The van der Waals surface area contributed by atoms with Crippen LogP contribution in [-0.2, 0) is 5.41 Å². The Labute approximate surface area is 408 Å². The van der Waals surface area contributed by atoms with Gasteiger partial charge in [0, 0.05) is 61.4 Å². The van der Waals surface area contributed by atoms with Crippen molar-refractivity contribution in [2.45, 2.75) is 19.3 Å². The topological polar surface area (TPSA) is 20.6 Å². The van der Waals surface area contributed by atoms with E-state index < -0.39 is 0 Å². The van der Waals surface area contributed by atoms with Crippen molar-refractivity contribution in [2.24, 2.45) is 0 Å². The Hall–Kier alpha value is -8.86. The zero-order chi connectivity index (χ0) is 46.9. The summed E-state index contributed by atoms with van der Waals surface area (Å²) in [5.74, 6) is 0.829. The lowest BCUT2D eigenvalue weighted by Gasteiger charge is -2.29. The summed E-state index contributed by atoms with van der Waals surface area (Å²) in [6, 6.07) is 78.9. The first-order valence-electron chi connectivity index (χ1n) is 24.1. The van der Waals surface area contributed by atoms with Gasteiger partial charge in [-0.3, -0.25) is 0 Å². The Morgan fingerprint density at radius 2 is 1.07 bits per heavy atom. The standard InChI is InChI=1S/C66H49N3O/c1-44-30-32-49(67(46-18-7-4-8-19-46)52-34-36-54-53-24-13-15-27-60(53)66(2,3)61(54)43-52)38-39-70-64-29-17-26-56-58-41-50(33-31-45(58)40-57(44)65(56)64)68(47-20-9-5-10-21-47)51-35-37-63-59(42-51)55-25-14-16-28-62(55)69(63)48-22-11-6-12-23-48/h4-38,40-43H,1,39H2,2-3H3/b32-30-,49-38+. The maximum Gasteiger partial charge on any atom is 0.128 e. The summed E-state index contributed by atoms with van der Waals surface area (Å²) in [4.78, 5) is 4.72. The van der Waals surface area contributed by atoms with Gasteiger partial charge >= 0.3 is 0 Å². The predicted molar refractivity (Wildman–Crippen MR) is 295 cm³/mol. The second-order valence-corrected chi connectivity index (χ2v) is 18.9. The number of hydrogen-bond donors (Lipinski definition) is 0. The average molecular weight is 900 g/mol. The lowest BCUT2D eigenvalue weighted by atomic mass is 9.82. The van der Waals surface area contributed by atoms with Crippen molar-refractivity contribution in [1.29, 1.82) is 0 Å². The van der Waals surface area contributed by atoms with Gasteiger partial charge < -0.3 is 19.1 Å². The lowest BCUT2D eigenvalue weighted by molar-refractivity contribution is 0.366. The monoisotopic (exact) mass is 899 g/mol. The fourth-order valence-electron chi connectivity index (χ4n) is 11.2. The molecule has 0 amide bonds. The molecule has 2 heterocycles. The number of anilines is 5. The van der Waals surface area contributed by atoms with Gasteiger partial charge in [-0.05, 0) is 159 Å². The number of ether oxygens (including phenoxy) is 1. The van der Waals surface area contributed by atoms with Crippen LogP contribution in [0.1, 0.15) is 30.5 Å². The Morgan fingerprint density at radius 1 is 0.457 bits per heavy atom. The van der Waals surface area contributed by atoms with Gasteiger partial charge in [-0.1, -0.05) is 148 Å². The summed E-state index contributed by atoms with van der Waals surface area (Å²) in [6.07, 6.45) is 6.57. The number of nitrogens with zero attached hydrogens (tertiary/aromatic N) is 3. The fourth-order valence-corrected chi connectivity index (χ4v) is 11.2. The van der Waals surface area contributed by atoms with Crippen molar-refractivity contribution in [1.82, 2.24) is 4.57 Å². The number of rotatable bonds is 7. The normalized spacial score (nSPS) is 15.0. The van der Waals surface area contributed by atoms with E-state index in [2.05, 4.69) is 265 Å². The molecule has 10 aromatic carbocycles. The summed E-state index contributed by atoms with van der Waals surface area (Å²) in [5, 5.41) is 6.87. The van der Waals surface area contributed by atoms with Crippen molar-refractivity contribution in [2.75, 3.05) is 16.4 Å². The minimum absolute atomic E-state index is 0.131. The SMILES string of the molecule is C=C1/C=C\C(N(c2ccccc2)c2ccc3c(c2)C(C)(C)c2ccccc2-3)=C/COc2cccc3c2c1cc1ccc(N(c2ccccc2)c2ccc4c(c2)c2ccccc2n4-c2ccccc2)cc13. The van der Waals surface area contributed by atoms with E-state index in [4.69, 9.17) is 11.3 Å². The number of allylic oxidation sites excluding steroid dienone is 3. The Morgan fingerprint density at radius 3 is 1.87 bits per heavy atom. The molecule has 0 fully saturated rings. The quantitative estimate of drug-likeness (QED) is 0.149.